The fourth-order valence-electron chi connectivity index (χ4n) is 5.62. The van der Waals surface area contributed by atoms with Crippen molar-refractivity contribution < 1.29 is 14.6 Å². The van der Waals surface area contributed by atoms with Crippen molar-refractivity contribution in [1.82, 2.24) is 13.9 Å². The third kappa shape index (κ3) is 3.09. The Morgan fingerprint density at radius 2 is 1.64 bits per heavy atom. The quantitative estimate of drug-likeness (QED) is 0.557. The minimum absolute atomic E-state index is 0.153. The minimum Gasteiger partial charge on any atom is -0.388 e. The summed E-state index contributed by atoms with van der Waals surface area (Å²) in [7, 11) is 3.17. The van der Waals surface area contributed by atoms with Crippen LogP contribution in [-0.4, -0.2) is 46.5 Å². The maximum Gasteiger partial charge on any atom is 0.352 e. The molecule has 0 spiro atoms. The second-order valence-corrected chi connectivity index (χ2v) is 8.66. The predicted molar refractivity (Wildman–Crippen MR) is 123 cm³/mol. The molecular formula is C25H27N3O5. The zero-order valence-corrected chi connectivity index (χ0v) is 18.6. The number of hydrogen-bond acceptors (Lipinski definition) is 5. The van der Waals surface area contributed by atoms with Crippen LogP contribution in [0.2, 0.25) is 0 Å². The lowest BCUT2D eigenvalue weighted by Crippen LogP contribution is -2.63. The molecule has 1 N–H and O–H groups in total. The Balaban J connectivity index is 1.77. The first kappa shape index (κ1) is 21.6. The zero-order chi connectivity index (χ0) is 23.2. The van der Waals surface area contributed by atoms with Gasteiger partial charge in [0, 0.05) is 26.1 Å². The van der Waals surface area contributed by atoms with Crippen LogP contribution >= 0.6 is 0 Å². The number of benzene rings is 2. The molecular weight excluding hydrogens is 422 g/mol. The van der Waals surface area contributed by atoms with E-state index in [0.717, 1.165) is 5.56 Å². The van der Waals surface area contributed by atoms with E-state index in [2.05, 4.69) is 0 Å². The average Bonchev–Trinajstić information content (AvgIpc) is 3.12. The summed E-state index contributed by atoms with van der Waals surface area (Å²) in [6.07, 6.45) is 2.99. The molecule has 2 aromatic carbocycles. The van der Waals surface area contributed by atoms with Crippen molar-refractivity contribution in [2.75, 3.05) is 27.4 Å². The SMILES string of the molecule is COC[C@H]1[C@H]([C@@H](O)c2ccccc2)[C@H]2C=C[C@]1(COC)n1c(=O)n(-c3ccccc3)c(=O)n12. The van der Waals surface area contributed by atoms with Gasteiger partial charge in [0.15, 0.2) is 0 Å². The number of aromatic nitrogens is 3. The number of fused-ring (bicyclic) bond motifs is 1. The Bertz CT molecular complexity index is 1280. The molecule has 8 nitrogen and oxygen atoms in total. The lowest BCUT2D eigenvalue weighted by atomic mass is 9.64. The van der Waals surface area contributed by atoms with E-state index < -0.39 is 35.0 Å². The average molecular weight is 450 g/mol. The number of nitrogens with zero attached hydrogens (tertiary/aromatic N) is 3. The van der Waals surface area contributed by atoms with Crippen molar-refractivity contribution in [3.05, 3.63) is 99.3 Å². The monoisotopic (exact) mass is 449 g/mol. The van der Waals surface area contributed by atoms with Crippen LogP contribution in [0.25, 0.3) is 5.69 Å². The number of aliphatic hydroxyl groups is 1. The van der Waals surface area contributed by atoms with Gasteiger partial charge in [-0.2, -0.15) is 0 Å². The smallest absolute Gasteiger partial charge is 0.352 e. The molecule has 2 bridgehead atoms. The van der Waals surface area contributed by atoms with Crippen LogP contribution in [0, 0.1) is 11.8 Å². The standard InChI is InChI=1S/C25H27N3O5/c1-32-15-19-21(22(29)17-9-5-3-6-10-17)20-13-14-25(19,16-33-2)28-24(31)26(23(30)27(20)28)18-11-7-4-8-12-18/h3-14,19-22,29H,15-16H2,1-2H3/t19-,20+,21-,22-,25+/m0/s1. The number of aliphatic hydroxyl groups excluding tert-OH is 1. The summed E-state index contributed by atoms with van der Waals surface area (Å²) in [5.41, 5.74) is -0.622. The molecule has 0 fully saturated rings. The highest BCUT2D eigenvalue weighted by Crippen LogP contribution is 2.52. The second kappa shape index (κ2) is 8.30. The molecule has 6 rings (SSSR count). The summed E-state index contributed by atoms with van der Waals surface area (Å²) < 4.78 is 15.4. The Labute approximate surface area is 190 Å². The molecule has 0 radical (unpaired) electrons. The number of ether oxygens (including phenoxy) is 2. The molecule has 8 heteroatoms. The van der Waals surface area contributed by atoms with Gasteiger partial charge in [0.1, 0.15) is 5.54 Å². The Hall–Kier alpha value is -3.20. The highest BCUT2D eigenvalue weighted by Gasteiger charge is 2.58. The molecule has 0 saturated carbocycles. The molecule has 3 aromatic rings. The maximum absolute atomic E-state index is 13.7. The van der Waals surface area contributed by atoms with Crippen LogP contribution in [0.5, 0.6) is 0 Å². The largest absolute Gasteiger partial charge is 0.388 e. The number of hydrogen-bond donors (Lipinski definition) is 1. The van der Waals surface area contributed by atoms with Crippen molar-refractivity contribution in [2.24, 2.45) is 11.8 Å². The Morgan fingerprint density at radius 3 is 2.27 bits per heavy atom. The first-order valence-electron chi connectivity index (χ1n) is 11.0. The fraction of sp³-hybridized carbons (Fsp3) is 0.360. The summed E-state index contributed by atoms with van der Waals surface area (Å²) in [6, 6.07) is 17.7. The van der Waals surface area contributed by atoms with E-state index in [9.17, 15) is 14.7 Å². The van der Waals surface area contributed by atoms with E-state index >= 15 is 0 Å². The molecule has 172 valence electrons. The molecule has 0 unspecified atom stereocenters. The Morgan fingerprint density at radius 1 is 0.970 bits per heavy atom. The fourth-order valence-corrected chi connectivity index (χ4v) is 5.62. The van der Waals surface area contributed by atoms with Gasteiger partial charge in [0.25, 0.3) is 0 Å². The van der Waals surface area contributed by atoms with Crippen molar-refractivity contribution in [3.8, 4) is 5.69 Å². The summed E-state index contributed by atoms with van der Waals surface area (Å²) in [6.45, 7) is 0.441. The van der Waals surface area contributed by atoms with E-state index in [-0.39, 0.29) is 19.1 Å². The number of rotatable bonds is 7. The molecule has 5 atom stereocenters. The Kier molecular flexibility index (Phi) is 5.44. The summed E-state index contributed by atoms with van der Waals surface area (Å²) in [5.74, 6) is -0.715. The summed E-state index contributed by atoms with van der Waals surface area (Å²) in [5, 5.41) is 11.5. The van der Waals surface area contributed by atoms with Gasteiger partial charge in [0.2, 0.25) is 0 Å². The van der Waals surface area contributed by atoms with Gasteiger partial charge < -0.3 is 14.6 Å². The van der Waals surface area contributed by atoms with Crippen LogP contribution in [0.1, 0.15) is 17.7 Å². The van der Waals surface area contributed by atoms with E-state index in [1.807, 2.05) is 48.6 Å². The highest BCUT2D eigenvalue weighted by molar-refractivity contribution is 5.33. The van der Waals surface area contributed by atoms with E-state index in [0.29, 0.717) is 5.69 Å². The van der Waals surface area contributed by atoms with Gasteiger partial charge in [-0.3, -0.25) is 0 Å². The van der Waals surface area contributed by atoms with Gasteiger partial charge in [0.05, 0.1) is 31.0 Å². The van der Waals surface area contributed by atoms with Gasteiger partial charge in [-0.05, 0) is 17.7 Å². The third-order valence-corrected chi connectivity index (χ3v) is 6.98. The number of methoxy groups -OCH3 is 2. The zero-order valence-electron chi connectivity index (χ0n) is 18.6. The molecule has 3 aliphatic rings. The van der Waals surface area contributed by atoms with Crippen LogP contribution in [-0.2, 0) is 15.0 Å². The van der Waals surface area contributed by atoms with Gasteiger partial charge in [-0.1, -0.05) is 60.7 Å². The topological polar surface area (TPSA) is 87.6 Å². The van der Waals surface area contributed by atoms with E-state index in [1.165, 1.54) is 13.9 Å². The lowest BCUT2D eigenvalue weighted by Gasteiger charge is -2.54. The first-order valence-corrected chi connectivity index (χ1v) is 11.0. The molecule has 1 aromatic heterocycles. The summed E-state index contributed by atoms with van der Waals surface area (Å²) in [4.78, 5) is 27.4. The van der Waals surface area contributed by atoms with Crippen LogP contribution < -0.4 is 11.4 Å². The van der Waals surface area contributed by atoms with Gasteiger partial charge in [-0.15, -0.1) is 0 Å². The number of allylic oxidation sites excluding steroid dienone is 1. The van der Waals surface area contributed by atoms with Crippen molar-refractivity contribution in [2.45, 2.75) is 17.7 Å². The summed E-state index contributed by atoms with van der Waals surface area (Å²) >= 11 is 0. The molecule has 33 heavy (non-hydrogen) atoms. The molecule has 3 heterocycles. The van der Waals surface area contributed by atoms with Gasteiger partial charge in [-0.25, -0.2) is 23.5 Å². The first-order chi connectivity index (χ1) is 16.0. The maximum atomic E-state index is 13.7. The van der Waals surface area contributed by atoms with Crippen molar-refractivity contribution >= 4 is 0 Å². The third-order valence-electron chi connectivity index (χ3n) is 6.98. The molecule has 1 aliphatic carbocycles. The second-order valence-electron chi connectivity index (χ2n) is 8.66. The normalized spacial score (nSPS) is 26.3. The molecule has 0 saturated heterocycles. The van der Waals surface area contributed by atoms with Crippen LogP contribution in [0.15, 0.2) is 82.4 Å². The molecule has 0 amide bonds. The molecule has 2 aliphatic heterocycles. The van der Waals surface area contributed by atoms with E-state index in [1.54, 1.807) is 38.5 Å². The highest BCUT2D eigenvalue weighted by atomic mass is 16.5. The minimum atomic E-state index is -0.990. The lowest BCUT2D eigenvalue weighted by molar-refractivity contribution is -0.0980. The van der Waals surface area contributed by atoms with Crippen molar-refractivity contribution in [3.63, 3.8) is 0 Å². The predicted octanol–water partition coefficient (Wildman–Crippen LogP) is 1.88. The van der Waals surface area contributed by atoms with E-state index in [4.69, 9.17) is 9.47 Å². The van der Waals surface area contributed by atoms with Crippen LogP contribution in [0.4, 0.5) is 0 Å². The van der Waals surface area contributed by atoms with Crippen molar-refractivity contribution in [1.29, 1.82) is 0 Å². The number of para-hydroxylation sites is 1. The van der Waals surface area contributed by atoms with Gasteiger partial charge >= 0.3 is 11.4 Å². The van der Waals surface area contributed by atoms with Crippen LogP contribution in [0.3, 0.4) is 0 Å².